The van der Waals surface area contributed by atoms with Gasteiger partial charge in [-0.05, 0) is 37.6 Å². The third-order valence-corrected chi connectivity index (χ3v) is 1.96. The van der Waals surface area contributed by atoms with Crippen LogP contribution in [0.3, 0.4) is 0 Å². The maximum absolute atomic E-state index is 10.0. The third kappa shape index (κ3) is 3.09. The molecule has 0 fully saturated rings. The molecule has 1 rings (SSSR count). The van der Waals surface area contributed by atoms with Gasteiger partial charge in [-0.1, -0.05) is 6.92 Å². The molecule has 0 saturated heterocycles. The molecule has 1 radical (unpaired) electrons. The third-order valence-electron chi connectivity index (χ3n) is 1.96. The first kappa shape index (κ1) is 10.6. The molecule has 1 amide bonds. The van der Waals surface area contributed by atoms with Gasteiger partial charge in [-0.25, -0.2) is 0 Å². The molecule has 1 atom stereocenters. The van der Waals surface area contributed by atoms with Crippen LogP contribution >= 0.6 is 0 Å². The average Bonchev–Trinajstić information content (AvgIpc) is 2.21. The molecule has 0 spiro atoms. The standard InChI is InChI=1S/C11H14NO2/c1-3-9(2)14-11-6-4-10(5-7-11)12-8-13/h4-7,9H,3H2,1-2H3,(H,12,13). The minimum atomic E-state index is 0.214. The summed E-state index contributed by atoms with van der Waals surface area (Å²) in [6, 6.07) is 7.21. The van der Waals surface area contributed by atoms with E-state index in [0.29, 0.717) is 0 Å². The first-order valence-corrected chi connectivity index (χ1v) is 4.66. The van der Waals surface area contributed by atoms with Crippen molar-refractivity contribution in [2.75, 3.05) is 5.32 Å². The van der Waals surface area contributed by atoms with Crippen molar-refractivity contribution in [2.24, 2.45) is 0 Å². The summed E-state index contributed by atoms with van der Waals surface area (Å²) in [4.78, 5) is 10.0. The molecule has 1 unspecified atom stereocenters. The largest absolute Gasteiger partial charge is 0.491 e. The number of anilines is 1. The summed E-state index contributed by atoms with van der Waals surface area (Å²) in [6.45, 7) is 4.09. The zero-order valence-corrected chi connectivity index (χ0v) is 8.41. The maximum atomic E-state index is 10.0. The summed E-state index contributed by atoms with van der Waals surface area (Å²) < 4.78 is 5.57. The SMILES string of the molecule is CCC(C)Oc1ccc(N[C]=O)cc1. The first-order chi connectivity index (χ1) is 6.76. The minimum absolute atomic E-state index is 0.214. The highest BCUT2D eigenvalue weighted by Crippen LogP contribution is 2.16. The Hall–Kier alpha value is -1.51. The maximum Gasteiger partial charge on any atom is 0.314 e. The summed E-state index contributed by atoms with van der Waals surface area (Å²) >= 11 is 0. The highest BCUT2D eigenvalue weighted by atomic mass is 16.5. The van der Waals surface area contributed by atoms with Crippen molar-refractivity contribution in [3.63, 3.8) is 0 Å². The van der Waals surface area contributed by atoms with Gasteiger partial charge in [0, 0.05) is 5.69 Å². The van der Waals surface area contributed by atoms with E-state index in [1.807, 2.05) is 19.1 Å². The number of carbonyl (C=O) groups excluding carboxylic acids is 1. The molecule has 0 aliphatic rings. The topological polar surface area (TPSA) is 38.3 Å². The summed E-state index contributed by atoms with van der Waals surface area (Å²) in [5, 5.41) is 2.44. The fourth-order valence-electron chi connectivity index (χ4n) is 0.991. The molecule has 0 aromatic heterocycles. The summed E-state index contributed by atoms with van der Waals surface area (Å²) in [7, 11) is 0. The highest BCUT2D eigenvalue weighted by molar-refractivity contribution is 5.71. The monoisotopic (exact) mass is 192 g/mol. The van der Waals surface area contributed by atoms with Crippen LogP contribution in [0.2, 0.25) is 0 Å². The quantitative estimate of drug-likeness (QED) is 0.727. The van der Waals surface area contributed by atoms with Crippen LogP contribution in [0.25, 0.3) is 0 Å². The van der Waals surface area contributed by atoms with E-state index in [9.17, 15) is 4.79 Å². The predicted molar refractivity (Wildman–Crippen MR) is 56.1 cm³/mol. The zero-order valence-electron chi connectivity index (χ0n) is 8.41. The Bertz CT molecular complexity index is 282. The molecule has 0 heterocycles. The van der Waals surface area contributed by atoms with Crippen molar-refractivity contribution in [1.29, 1.82) is 0 Å². The van der Waals surface area contributed by atoms with E-state index in [0.717, 1.165) is 17.9 Å². The molecule has 3 nitrogen and oxygen atoms in total. The lowest BCUT2D eigenvalue weighted by atomic mass is 10.3. The summed E-state index contributed by atoms with van der Waals surface area (Å²) in [5.74, 6) is 0.816. The van der Waals surface area contributed by atoms with Gasteiger partial charge >= 0.3 is 6.41 Å². The van der Waals surface area contributed by atoms with E-state index in [4.69, 9.17) is 4.74 Å². The fourth-order valence-corrected chi connectivity index (χ4v) is 0.991. The molecule has 14 heavy (non-hydrogen) atoms. The molecule has 0 aliphatic heterocycles. The summed E-state index contributed by atoms with van der Waals surface area (Å²) in [5.41, 5.74) is 0.719. The van der Waals surface area contributed by atoms with E-state index in [-0.39, 0.29) is 6.10 Å². The second-order valence-corrected chi connectivity index (χ2v) is 3.09. The van der Waals surface area contributed by atoms with Crippen LogP contribution in [0.15, 0.2) is 24.3 Å². The Balaban J connectivity index is 2.59. The van der Waals surface area contributed by atoms with Crippen LogP contribution in [0.5, 0.6) is 5.75 Å². The van der Waals surface area contributed by atoms with Gasteiger partial charge in [0.2, 0.25) is 0 Å². The lowest BCUT2D eigenvalue weighted by Crippen LogP contribution is -2.09. The number of rotatable bonds is 5. The van der Waals surface area contributed by atoms with E-state index in [1.165, 1.54) is 0 Å². The zero-order chi connectivity index (χ0) is 10.4. The Kier molecular flexibility index (Phi) is 3.98. The molecule has 3 heteroatoms. The van der Waals surface area contributed by atoms with Gasteiger partial charge in [0.25, 0.3) is 0 Å². The molecule has 1 N–H and O–H groups in total. The second kappa shape index (κ2) is 5.27. The molecule has 75 valence electrons. The van der Waals surface area contributed by atoms with Crippen LogP contribution in [0, 0.1) is 0 Å². The first-order valence-electron chi connectivity index (χ1n) is 4.66. The van der Waals surface area contributed by atoms with Crippen LogP contribution in [0.1, 0.15) is 20.3 Å². The van der Waals surface area contributed by atoms with E-state index < -0.39 is 0 Å². The fraction of sp³-hybridized carbons (Fsp3) is 0.364. The Morgan fingerprint density at radius 1 is 1.43 bits per heavy atom. The lowest BCUT2D eigenvalue weighted by Gasteiger charge is -2.12. The molecule has 1 aromatic carbocycles. The van der Waals surface area contributed by atoms with Gasteiger partial charge in [0.05, 0.1) is 6.10 Å². The number of hydrogen-bond acceptors (Lipinski definition) is 2. The smallest absolute Gasteiger partial charge is 0.314 e. The van der Waals surface area contributed by atoms with Crippen molar-refractivity contribution >= 4 is 12.1 Å². The van der Waals surface area contributed by atoms with Crippen molar-refractivity contribution in [1.82, 2.24) is 0 Å². The van der Waals surface area contributed by atoms with E-state index in [1.54, 1.807) is 18.5 Å². The van der Waals surface area contributed by atoms with Crippen LogP contribution < -0.4 is 10.1 Å². The van der Waals surface area contributed by atoms with Gasteiger partial charge in [0.15, 0.2) is 0 Å². The number of amides is 1. The minimum Gasteiger partial charge on any atom is -0.491 e. The van der Waals surface area contributed by atoms with Gasteiger partial charge < -0.3 is 10.1 Å². The lowest BCUT2D eigenvalue weighted by molar-refractivity contribution is 0.217. The normalized spacial score (nSPS) is 11.9. The van der Waals surface area contributed by atoms with E-state index >= 15 is 0 Å². The molecule has 1 aromatic rings. The van der Waals surface area contributed by atoms with Crippen LogP contribution in [-0.4, -0.2) is 12.5 Å². The highest BCUT2D eigenvalue weighted by Gasteiger charge is 2.00. The number of nitrogens with one attached hydrogen (secondary N) is 1. The summed E-state index contributed by atoms with van der Waals surface area (Å²) in [6.07, 6.45) is 2.80. The Morgan fingerprint density at radius 3 is 2.57 bits per heavy atom. The Morgan fingerprint density at radius 2 is 2.07 bits per heavy atom. The number of benzene rings is 1. The molecular weight excluding hydrogens is 178 g/mol. The predicted octanol–water partition coefficient (Wildman–Crippen LogP) is 2.34. The van der Waals surface area contributed by atoms with Crippen molar-refractivity contribution in [2.45, 2.75) is 26.4 Å². The molecule has 0 aliphatic carbocycles. The molecule has 0 bridgehead atoms. The van der Waals surface area contributed by atoms with Gasteiger partial charge in [-0.3, -0.25) is 4.79 Å². The number of ether oxygens (including phenoxy) is 1. The van der Waals surface area contributed by atoms with E-state index in [2.05, 4.69) is 12.2 Å². The average molecular weight is 192 g/mol. The van der Waals surface area contributed by atoms with Crippen LogP contribution in [0.4, 0.5) is 5.69 Å². The van der Waals surface area contributed by atoms with Gasteiger partial charge in [-0.15, -0.1) is 0 Å². The molecular formula is C11H14NO2. The number of hydrogen-bond donors (Lipinski definition) is 1. The van der Waals surface area contributed by atoms with Crippen molar-refractivity contribution in [3.05, 3.63) is 24.3 Å². The van der Waals surface area contributed by atoms with Gasteiger partial charge in [-0.2, -0.15) is 0 Å². The van der Waals surface area contributed by atoms with Crippen molar-refractivity contribution < 1.29 is 9.53 Å². The van der Waals surface area contributed by atoms with Gasteiger partial charge in [0.1, 0.15) is 5.75 Å². The van der Waals surface area contributed by atoms with Crippen molar-refractivity contribution in [3.8, 4) is 5.75 Å². The van der Waals surface area contributed by atoms with Crippen LogP contribution in [-0.2, 0) is 4.79 Å². The second-order valence-electron chi connectivity index (χ2n) is 3.09. The molecule has 0 saturated carbocycles. The Labute approximate surface area is 84.1 Å².